The Bertz CT molecular complexity index is 738. The Morgan fingerprint density at radius 2 is 1.60 bits per heavy atom. The van der Waals surface area contributed by atoms with Crippen LogP contribution in [0.2, 0.25) is 0 Å². The molecule has 2 aromatic carbocycles. The van der Waals surface area contributed by atoms with Gasteiger partial charge in [-0.3, -0.25) is 14.8 Å². The number of carbonyl (C=O) groups excluding carboxylic acids is 2. The zero-order valence-electron chi connectivity index (χ0n) is 13.8. The van der Waals surface area contributed by atoms with Crippen LogP contribution in [-0.4, -0.2) is 30.1 Å². The number of piperidine rings is 1. The molecule has 0 spiro atoms. The second-order valence-electron chi connectivity index (χ2n) is 6.17. The number of rotatable bonds is 4. The van der Waals surface area contributed by atoms with Crippen molar-refractivity contribution in [2.24, 2.45) is 0 Å². The minimum absolute atomic E-state index is 0.0421. The number of anilines is 1. The fourth-order valence-electron chi connectivity index (χ4n) is 3.28. The molecule has 6 nitrogen and oxygen atoms in total. The Morgan fingerprint density at radius 1 is 0.960 bits per heavy atom. The summed E-state index contributed by atoms with van der Waals surface area (Å²) in [5.74, 6) is -0.628. The van der Waals surface area contributed by atoms with Gasteiger partial charge < -0.3 is 10.6 Å². The second kappa shape index (κ2) is 7.46. The van der Waals surface area contributed by atoms with Crippen molar-refractivity contribution < 1.29 is 14.8 Å². The molecule has 0 radical (unpaired) electrons. The van der Waals surface area contributed by atoms with Gasteiger partial charge in [0, 0.05) is 11.3 Å². The van der Waals surface area contributed by atoms with Crippen molar-refractivity contribution in [1.82, 2.24) is 10.8 Å². The van der Waals surface area contributed by atoms with Crippen LogP contribution >= 0.6 is 0 Å². The molecule has 0 unspecified atom stereocenters. The summed E-state index contributed by atoms with van der Waals surface area (Å²) < 4.78 is 0. The Kier molecular flexibility index (Phi) is 5.11. The predicted molar refractivity (Wildman–Crippen MR) is 94.5 cm³/mol. The quantitative estimate of drug-likeness (QED) is 0.507. The third kappa shape index (κ3) is 3.55. The first-order chi connectivity index (χ1) is 12.2. The van der Waals surface area contributed by atoms with Crippen LogP contribution in [0.3, 0.4) is 0 Å². The maximum atomic E-state index is 13.1. The Balaban J connectivity index is 1.83. The average molecular weight is 339 g/mol. The third-order valence-corrected chi connectivity index (χ3v) is 4.72. The molecule has 3 rings (SSSR count). The van der Waals surface area contributed by atoms with Crippen LogP contribution in [0.4, 0.5) is 5.69 Å². The fourth-order valence-corrected chi connectivity index (χ4v) is 3.28. The monoisotopic (exact) mass is 339 g/mol. The molecular formula is C19H21N3O3. The van der Waals surface area contributed by atoms with Gasteiger partial charge in [0.2, 0.25) is 5.91 Å². The van der Waals surface area contributed by atoms with Gasteiger partial charge in [-0.25, -0.2) is 5.48 Å². The highest BCUT2D eigenvalue weighted by Gasteiger charge is 2.41. The van der Waals surface area contributed by atoms with Crippen LogP contribution < -0.4 is 16.1 Å². The van der Waals surface area contributed by atoms with Crippen LogP contribution in [0.25, 0.3) is 0 Å². The van der Waals surface area contributed by atoms with E-state index in [2.05, 4.69) is 10.6 Å². The maximum absolute atomic E-state index is 13.1. The summed E-state index contributed by atoms with van der Waals surface area (Å²) in [6, 6.07) is 16.3. The molecule has 25 heavy (non-hydrogen) atoms. The van der Waals surface area contributed by atoms with Crippen molar-refractivity contribution in [3.05, 3.63) is 65.7 Å². The number of nitrogens with one attached hydrogen (secondary N) is 3. The van der Waals surface area contributed by atoms with Crippen molar-refractivity contribution in [2.45, 2.75) is 18.3 Å². The lowest BCUT2D eigenvalue weighted by Crippen LogP contribution is -2.48. The van der Waals surface area contributed by atoms with Gasteiger partial charge in [0.25, 0.3) is 5.91 Å². The van der Waals surface area contributed by atoms with E-state index in [1.165, 1.54) is 0 Å². The number of hydrogen-bond donors (Lipinski definition) is 4. The predicted octanol–water partition coefficient (Wildman–Crippen LogP) is 2.07. The molecule has 0 aromatic heterocycles. The summed E-state index contributed by atoms with van der Waals surface area (Å²) >= 11 is 0. The summed E-state index contributed by atoms with van der Waals surface area (Å²) in [6.07, 6.45) is 1.46. The molecule has 0 saturated carbocycles. The molecule has 0 atom stereocenters. The van der Waals surface area contributed by atoms with Crippen molar-refractivity contribution in [3.63, 3.8) is 0 Å². The average Bonchev–Trinajstić information content (AvgIpc) is 2.69. The third-order valence-electron chi connectivity index (χ3n) is 4.72. The van der Waals surface area contributed by atoms with E-state index in [-0.39, 0.29) is 5.91 Å². The fraction of sp³-hybridized carbons (Fsp3) is 0.263. The minimum atomic E-state index is -0.586. The molecule has 0 bridgehead atoms. The lowest BCUT2D eigenvalue weighted by atomic mass is 9.72. The number of carbonyl (C=O) groups is 2. The molecule has 2 aromatic rings. The van der Waals surface area contributed by atoms with Crippen molar-refractivity contribution in [3.8, 4) is 0 Å². The van der Waals surface area contributed by atoms with Crippen LogP contribution in [0.15, 0.2) is 54.6 Å². The number of amides is 2. The molecule has 1 heterocycles. The number of hydroxylamine groups is 1. The van der Waals surface area contributed by atoms with Gasteiger partial charge in [-0.15, -0.1) is 0 Å². The van der Waals surface area contributed by atoms with Crippen molar-refractivity contribution >= 4 is 17.5 Å². The van der Waals surface area contributed by atoms with Gasteiger partial charge in [0.05, 0.1) is 5.41 Å². The molecule has 6 heteroatoms. The molecule has 1 aliphatic rings. The van der Waals surface area contributed by atoms with Crippen molar-refractivity contribution in [1.29, 1.82) is 0 Å². The second-order valence-corrected chi connectivity index (χ2v) is 6.17. The number of hydrogen-bond acceptors (Lipinski definition) is 4. The summed E-state index contributed by atoms with van der Waals surface area (Å²) in [4.78, 5) is 24.5. The van der Waals surface area contributed by atoms with Gasteiger partial charge in [0.15, 0.2) is 0 Å². The normalized spacial score (nSPS) is 16.0. The molecule has 0 aliphatic carbocycles. The Hall–Kier alpha value is -2.70. The van der Waals surface area contributed by atoms with E-state index in [9.17, 15) is 9.59 Å². The van der Waals surface area contributed by atoms with Crippen LogP contribution in [-0.2, 0) is 10.2 Å². The standard InChI is InChI=1S/C19H21N3O3/c23-17(22-25)14-6-8-16(9-7-14)21-18(24)19(10-12-20-13-11-19)15-4-2-1-3-5-15/h1-9,20,25H,10-13H2,(H,21,24)(H,22,23). The first-order valence-electron chi connectivity index (χ1n) is 8.28. The molecule has 130 valence electrons. The summed E-state index contributed by atoms with van der Waals surface area (Å²) in [5.41, 5.74) is 2.98. The van der Waals surface area contributed by atoms with E-state index in [0.29, 0.717) is 11.3 Å². The highest BCUT2D eigenvalue weighted by molar-refractivity contribution is 6.00. The minimum Gasteiger partial charge on any atom is -0.325 e. The first-order valence-corrected chi connectivity index (χ1v) is 8.28. The number of benzene rings is 2. The van der Waals surface area contributed by atoms with E-state index < -0.39 is 11.3 Å². The van der Waals surface area contributed by atoms with E-state index >= 15 is 0 Å². The lowest BCUT2D eigenvalue weighted by Gasteiger charge is -2.36. The highest BCUT2D eigenvalue weighted by atomic mass is 16.5. The van der Waals surface area contributed by atoms with Crippen LogP contribution in [0.1, 0.15) is 28.8 Å². The van der Waals surface area contributed by atoms with Gasteiger partial charge in [0.1, 0.15) is 0 Å². The lowest BCUT2D eigenvalue weighted by molar-refractivity contribution is -0.122. The largest absolute Gasteiger partial charge is 0.325 e. The van der Waals surface area contributed by atoms with E-state index in [4.69, 9.17) is 5.21 Å². The molecule has 2 amide bonds. The SMILES string of the molecule is O=C(NO)c1ccc(NC(=O)C2(c3ccccc3)CCNCC2)cc1. The molecular weight excluding hydrogens is 318 g/mol. The van der Waals surface area contributed by atoms with Crippen molar-refractivity contribution in [2.75, 3.05) is 18.4 Å². The summed E-state index contributed by atoms with van der Waals surface area (Å²) in [5, 5.41) is 14.9. The molecule has 1 saturated heterocycles. The first kappa shape index (κ1) is 17.1. The van der Waals surface area contributed by atoms with Gasteiger partial charge in [-0.2, -0.15) is 0 Å². The smallest absolute Gasteiger partial charge is 0.274 e. The van der Waals surface area contributed by atoms with Crippen LogP contribution in [0.5, 0.6) is 0 Å². The highest BCUT2D eigenvalue weighted by Crippen LogP contribution is 2.34. The van der Waals surface area contributed by atoms with Gasteiger partial charge in [-0.1, -0.05) is 30.3 Å². The summed E-state index contributed by atoms with van der Waals surface area (Å²) in [6.45, 7) is 1.58. The van der Waals surface area contributed by atoms with E-state index in [1.807, 2.05) is 30.3 Å². The Morgan fingerprint density at radius 3 is 2.20 bits per heavy atom. The van der Waals surface area contributed by atoms with Crippen LogP contribution in [0, 0.1) is 0 Å². The maximum Gasteiger partial charge on any atom is 0.274 e. The van der Waals surface area contributed by atoms with E-state index in [0.717, 1.165) is 31.5 Å². The van der Waals surface area contributed by atoms with Gasteiger partial charge in [-0.05, 0) is 55.8 Å². The zero-order chi connectivity index (χ0) is 17.7. The topological polar surface area (TPSA) is 90.5 Å². The molecule has 1 fully saturated rings. The molecule has 4 N–H and O–H groups in total. The molecule has 1 aliphatic heterocycles. The summed E-state index contributed by atoms with van der Waals surface area (Å²) in [7, 11) is 0. The van der Waals surface area contributed by atoms with Gasteiger partial charge >= 0.3 is 0 Å². The zero-order valence-corrected chi connectivity index (χ0v) is 13.8. The Labute approximate surface area is 146 Å². The van der Waals surface area contributed by atoms with E-state index in [1.54, 1.807) is 29.7 Å².